The fraction of sp³-hybridized carbons (Fsp3) is 0.200. The van der Waals surface area contributed by atoms with Crippen LogP contribution in [0.15, 0.2) is 78.9 Å². The lowest BCUT2D eigenvalue weighted by Crippen LogP contribution is -2.28. The molecular formula is C25H24O5. The van der Waals surface area contributed by atoms with Gasteiger partial charge in [0.25, 0.3) is 0 Å². The highest BCUT2D eigenvalue weighted by molar-refractivity contribution is 5.90. The second-order valence-corrected chi connectivity index (χ2v) is 7.05. The Balaban J connectivity index is 1.60. The molecule has 3 aromatic rings. The van der Waals surface area contributed by atoms with Crippen LogP contribution >= 0.6 is 0 Å². The van der Waals surface area contributed by atoms with Gasteiger partial charge in [-0.2, -0.15) is 0 Å². The minimum atomic E-state index is -0.821. The van der Waals surface area contributed by atoms with Gasteiger partial charge in [0, 0.05) is 0 Å². The van der Waals surface area contributed by atoms with Crippen LogP contribution in [0.2, 0.25) is 0 Å². The highest BCUT2D eigenvalue weighted by Crippen LogP contribution is 2.23. The summed E-state index contributed by atoms with van der Waals surface area (Å²) in [6.07, 6.45) is -1.05. The van der Waals surface area contributed by atoms with E-state index < -0.39 is 18.0 Å². The molecule has 30 heavy (non-hydrogen) atoms. The highest BCUT2D eigenvalue weighted by atomic mass is 16.6. The van der Waals surface area contributed by atoms with E-state index in [1.54, 1.807) is 39.0 Å². The average molecular weight is 404 g/mol. The molecule has 0 radical (unpaired) electrons. The van der Waals surface area contributed by atoms with Crippen molar-refractivity contribution in [1.82, 2.24) is 0 Å². The summed E-state index contributed by atoms with van der Waals surface area (Å²) in [7, 11) is 0. The van der Waals surface area contributed by atoms with Crippen LogP contribution < -0.4 is 9.47 Å². The Kier molecular flexibility index (Phi) is 6.86. The summed E-state index contributed by atoms with van der Waals surface area (Å²) in [5.41, 5.74) is 2.48. The molecule has 3 rings (SSSR count). The first kappa shape index (κ1) is 21.1. The van der Waals surface area contributed by atoms with Crippen LogP contribution in [0, 0.1) is 0 Å². The van der Waals surface area contributed by atoms with Crippen molar-refractivity contribution in [3.8, 4) is 22.6 Å². The molecule has 0 aromatic heterocycles. The molecule has 5 heteroatoms. The van der Waals surface area contributed by atoms with Crippen molar-refractivity contribution in [2.75, 3.05) is 0 Å². The minimum absolute atomic E-state index is 0.231. The second-order valence-electron chi connectivity index (χ2n) is 7.05. The summed E-state index contributed by atoms with van der Waals surface area (Å²) in [5, 5.41) is 0. The number of benzene rings is 3. The first-order valence-corrected chi connectivity index (χ1v) is 9.77. The molecule has 0 saturated heterocycles. The van der Waals surface area contributed by atoms with Crippen LogP contribution in [0.1, 0.15) is 31.1 Å². The Bertz CT molecular complexity index is 994. The molecule has 0 amide bonds. The van der Waals surface area contributed by atoms with Crippen molar-refractivity contribution in [3.63, 3.8) is 0 Å². The Labute approximate surface area is 176 Å². The minimum Gasteiger partial charge on any atom is -0.479 e. The molecule has 0 aliphatic carbocycles. The van der Waals surface area contributed by atoms with Crippen molar-refractivity contribution in [1.29, 1.82) is 0 Å². The van der Waals surface area contributed by atoms with Crippen molar-refractivity contribution < 1.29 is 23.8 Å². The Morgan fingerprint density at radius 2 is 1.40 bits per heavy atom. The van der Waals surface area contributed by atoms with Gasteiger partial charge in [0.2, 0.25) is 0 Å². The molecule has 3 aromatic carbocycles. The SMILES string of the molecule is CC(C)OC(=O)c1cccc(OC(=O)C(C)Oc2ccc(-c3ccccc3)cc2)c1. The van der Waals surface area contributed by atoms with Crippen LogP contribution in [0.3, 0.4) is 0 Å². The van der Waals surface area contributed by atoms with Crippen LogP contribution in [0.4, 0.5) is 0 Å². The largest absolute Gasteiger partial charge is 0.479 e. The quantitative estimate of drug-likeness (QED) is 0.395. The van der Waals surface area contributed by atoms with Gasteiger partial charge in [-0.3, -0.25) is 0 Å². The molecule has 0 saturated carbocycles. The number of hydrogen-bond acceptors (Lipinski definition) is 5. The summed E-state index contributed by atoms with van der Waals surface area (Å²) >= 11 is 0. The van der Waals surface area contributed by atoms with Crippen LogP contribution in [-0.2, 0) is 9.53 Å². The Morgan fingerprint density at radius 3 is 2.07 bits per heavy atom. The normalized spacial score (nSPS) is 11.6. The average Bonchev–Trinajstić information content (AvgIpc) is 2.74. The third kappa shape index (κ3) is 5.70. The summed E-state index contributed by atoms with van der Waals surface area (Å²) in [6.45, 7) is 5.16. The van der Waals surface area contributed by atoms with Gasteiger partial charge in [-0.1, -0.05) is 48.5 Å². The van der Waals surface area contributed by atoms with Crippen LogP contribution in [0.25, 0.3) is 11.1 Å². The molecule has 0 fully saturated rings. The van der Waals surface area contributed by atoms with Gasteiger partial charge in [0.1, 0.15) is 11.5 Å². The maximum absolute atomic E-state index is 12.4. The van der Waals surface area contributed by atoms with Gasteiger partial charge in [-0.25, -0.2) is 9.59 Å². The molecule has 1 atom stereocenters. The molecule has 1 unspecified atom stereocenters. The molecule has 0 aliphatic heterocycles. The van der Waals surface area contributed by atoms with E-state index in [-0.39, 0.29) is 11.9 Å². The number of carbonyl (C=O) groups excluding carboxylic acids is 2. The van der Waals surface area contributed by atoms with E-state index in [1.807, 2.05) is 54.6 Å². The molecule has 0 aliphatic rings. The zero-order valence-electron chi connectivity index (χ0n) is 17.2. The molecular weight excluding hydrogens is 380 g/mol. The topological polar surface area (TPSA) is 61.8 Å². The zero-order valence-corrected chi connectivity index (χ0v) is 17.2. The lowest BCUT2D eigenvalue weighted by atomic mass is 10.1. The van der Waals surface area contributed by atoms with E-state index in [0.717, 1.165) is 11.1 Å². The smallest absolute Gasteiger partial charge is 0.352 e. The molecule has 0 N–H and O–H groups in total. The monoisotopic (exact) mass is 404 g/mol. The lowest BCUT2D eigenvalue weighted by Gasteiger charge is -2.15. The van der Waals surface area contributed by atoms with Gasteiger partial charge in [0.15, 0.2) is 6.10 Å². The third-order valence-corrected chi connectivity index (χ3v) is 4.24. The maximum atomic E-state index is 12.4. The van der Waals surface area contributed by atoms with Crippen LogP contribution in [0.5, 0.6) is 11.5 Å². The van der Waals surface area contributed by atoms with Gasteiger partial charge in [-0.05, 0) is 62.2 Å². The van der Waals surface area contributed by atoms with E-state index >= 15 is 0 Å². The van der Waals surface area contributed by atoms with E-state index in [9.17, 15) is 9.59 Å². The molecule has 0 heterocycles. The standard InChI is InChI=1S/C25H24O5/c1-17(2)28-25(27)21-10-7-11-23(16-21)30-24(26)18(3)29-22-14-12-20(13-15-22)19-8-5-4-6-9-19/h4-18H,1-3H3. The number of hydrogen-bond donors (Lipinski definition) is 0. The first-order valence-electron chi connectivity index (χ1n) is 9.77. The summed E-state index contributed by atoms with van der Waals surface area (Å²) < 4.78 is 16.2. The Morgan fingerprint density at radius 1 is 0.733 bits per heavy atom. The number of carbonyl (C=O) groups is 2. The molecule has 0 bridgehead atoms. The molecule has 154 valence electrons. The van der Waals surface area contributed by atoms with E-state index in [1.165, 1.54) is 6.07 Å². The maximum Gasteiger partial charge on any atom is 0.352 e. The number of esters is 2. The third-order valence-electron chi connectivity index (χ3n) is 4.24. The number of rotatable bonds is 7. The lowest BCUT2D eigenvalue weighted by molar-refractivity contribution is -0.141. The molecule has 5 nitrogen and oxygen atoms in total. The summed E-state index contributed by atoms with van der Waals surface area (Å²) in [5.74, 6) is -0.205. The van der Waals surface area contributed by atoms with Crippen LogP contribution in [-0.4, -0.2) is 24.1 Å². The first-order chi connectivity index (χ1) is 14.4. The fourth-order valence-electron chi connectivity index (χ4n) is 2.78. The number of ether oxygens (including phenoxy) is 3. The molecule has 0 spiro atoms. The van der Waals surface area contributed by atoms with Gasteiger partial charge in [-0.15, -0.1) is 0 Å². The highest BCUT2D eigenvalue weighted by Gasteiger charge is 2.18. The van der Waals surface area contributed by atoms with Gasteiger partial charge in [0.05, 0.1) is 11.7 Å². The Hall–Kier alpha value is -3.60. The van der Waals surface area contributed by atoms with Gasteiger partial charge < -0.3 is 14.2 Å². The second kappa shape index (κ2) is 9.74. The van der Waals surface area contributed by atoms with Crippen molar-refractivity contribution in [2.45, 2.75) is 33.0 Å². The van der Waals surface area contributed by atoms with E-state index in [4.69, 9.17) is 14.2 Å². The predicted octanol–water partition coefficient (Wildman–Crippen LogP) is 5.29. The van der Waals surface area contributed by atoms with Crippen molar-refractivity contribution in [2.24, 2.45) is 0 Å². The zero-order chi connectivity index (χ0) is 21.5. The van der Waals surface area contributed by atoms with Gasteiger partial charge >= 0.3 is 11.9 Å². The van der Waals surface area contributed by atoms with E-state index in [2.05, 4.69) is 0 Å². The fourth-order valence-corrected chi connectivity index (χ4v) is 2.78. The van der Waals surface area contributed by atoms with Crippen molar-refractivity contribution in [3.05, 3.63) is 84.4 Å². The predicted molar refractivity (Wildman–Crippen MR) is 115 cm³/mol. The van der Waals surface area contributed by atoms with E-state index in [0.29, 0.717) is 11.3 Å². The summed E-state index contributed by atoms with van der Waals surface area (Å²) in [4.78, 5) is 24.4. The van der Waals surface area contributed by atoms with Crippen molar-refractivity contribution >= 4 is 11.9 Å². The summed E-state index contributed by atoms with van der Waals surface area (Å²) in [6, 6.07) is 23.8.